The number of nitrogens with zero attached hydrogens (tertiary/aromatic N) is 3. The largest absolute Gasteiger partial charge is 0.324 e. The molecule has 2 aromatic rings. The van der Waals surface area contributed by atoms with Gasteiger partial charge in [-0.05, 0) is 24.3 Å². The molecular weight excluding hydrogens is 304 g/mol. The van der Waals surface area contributed by atoms with Crippen molar-refractivity contribution in [3.63, 3.8) is 0 Å². The van der Waals surface area contributed by atoms with Crippen LogP contribution in [0.1, 0.15) is 32.1 Å². The van der Waals surface area contributed by atoms with Crippen molar-refractivity contribution in [3.05, 3.63) is 16.8 Å². The molecular formula is C14H18N4OS2. The fourth-order valence-corrected chi connectivity index (χ4v) is 3.84. The molecule has 0 saturated carbocycles. The summed E-state index contributed by atoms with van der Waals surface area (Å²) in [5, 5.41) is 16.5. The van der Waals surface area contributed by atoms with Gasteiger partial charge >= 0.3 is 6.03 Å². The molecule has 0 aromatic carbocycles. The van der Waals surface area contributed by atoms with Crippen LogP contribution in [0, 0.1) is 0 Å². The Kier molecular flexibility index (Phi) is 4.82. The van der Waals surface area contributed by atoms with Crippen molar-refractivity contribution >= 4 is 33.8 Å². The van der Waals surface area contributed by atoms with Gasteiger partial charge in [0.05, 0.1) is 0 Å². The number of carbonyl (C=O) groups is 1. The number of nitrogens with one attached hydrogen (secondary N) is 1. The summed E-state index contributed by atoms with van der Waals surface area (Å²) in [6.07, 6.45) is 5.89. The van der Waals surface area contributed by atoms with Crippen molar-refractivity contribution in [2.45, 2.75) is 32.1 Å². The Morgan fingerprint density at radius 2 is 1.90 bits per heavy atom. The molecule has 3 rings (SSSR count). The van der Waals surface area contributed by atoms with Crippen LogP contribution in [0.3, 0.4) is 0 Å². The van der Waals surface area contributed by atoms with Crippen LogP contribution in [0.25, 0.3) is 10.6 Å². The number of anilines is 1. The number of thiophene rings is 1. The molecule has 5 nitrogen and oxygen atoms in total. The summed E-state index contributed by atoms with van der Waals surface area (Å²) in [5.74, 6) is 0. The normalized spacial score (nSPS) is 16.3. The third-order valence-electron chi connectivity index (χ3n) is 3.55. The maximum Gasteiger partial charge on any atom is 0.323 e. The topological polar surface area (TPSA) is 58.1 Å². The van der Waals surface area contributed by atoms with E-state index in [2.05, 4.69) is 15.5 Å². The number of hydrogen-bond donors (Lipinski definition) is 1. The monoisotopic (exact) mass is 322 g/mol. The highest BCUT2D eigenvalue weighted by Gasteiger charge is 2.17. The second-order valence-corrected chi connectivity index (χ2v) is 6.87. The molecule has 0 radical (unpaired) electrons. The summed E-state index contributed by atoms with van der Waals surface area (Å²) in [7, 11) is 0. The minimum atomic E-state index is -0.0510. The summed E-state index contributed by atoms with van der Waals surface area (Å²) >= 11 is 3.05. The number of urea groups is 1. The first-order chi connectivity index (χ1) is 10.3. The molecule has 3 heterocycles. The van der Waals surface area contributed by atoms with Crippen molar-refractivity contribution in [2.75, 3.05) is 18.4 Å². The molecule has 7 heteroatoms. The van der Waals surface area contributed by atoms with Crippen LogP contribution < -0.4 is 5.32 Å². The molecule has 0 spiro atoms. The first-order valence-corrected chi connectivity index (χ1v) is 9.01. The van der Waals surface area contributed by atoms with Crippen molar-refractivity contribution < 1.29 is 4.79 Å². The molecule has 0 unspecified atom stereocenters. The van der Waals surface area contributed by atoms with Crippen LogP contribution in [-0.2, 0) is 0 Å². The second-order valence-electron chi connectivity index (χ2n) is 5.11. The average Bonchev–Trinajstić information content (AvgIpc) is 3.07. The van der Waals surface area contributed by atoms with Gasteiger partial charge < -0.3 is 4.90 Å². The summed E-state index contributed by atoms with van der Waals surface area (Å²) in [5.41, 5.74) is 1.06. The lowest BCUT2D eigenvalue weighted by atomic mass is 10.1. The quantitative estimate of drug-likeness (QED) is 0.907. The predicted molar refractivity (Wildman–Crippen MR) is 86.9 cm³/mol. The molecule has 1 N–H and O–H groups in total. The van der Waals surface area contributed by atoms with E-state index in [1.165, 1.54) is 30.6 Å². The fourth-order valence-electron chi connectivity index (χ4n) is 2.40. The number of carbonyl (C=O) groups excluding carboxylic acids is 1. The van der Waals surface area contributed by atoms with Gasteiger partial charge in [-0.1, -0.05) is 30.6 Å². The SMILES string of the molecule is O=C(Nc1nnc(-c2ccsc2)s1)N1CCCCCCC1. The lowest BCUT2D eigenvalue weighted by Crippen LogP contribution is -2.37. The second kappa shape index (κ2) is 7.00. The summed E-state index contributed by atoms with van der Waals surface area (Å²) in [6, 6.07) is 1.96. The van der Waals surface area contributed by atoms with E-state index in [4.69, 9.17) is 0 Å². The van der Waals surface area contributed by atoms with E-state index in [0.717, 1.165) is 36.5 Å². The third-order valence-corrected chi connectivity index (χ3v) is 5.12. The molecule has 1 aliphatic heterocycles. The van der Waals surface area contributed by atoms with E-state index in [1.54, 1.807) is 11.3 Å². The van der Waals surface area contributed by atoms with Crippen LogP contribution in [-0.4, -0.2) is 34.2 Å². The van der Waals surface area contributed by atoms with Gasteiger partial charge in [0.2, 0.25) is 5.13 Å². The van der Waals surface area contributed by atoms with E-state index in [-0.39, 0.29) is 6.03 Å². The maximum atomic E-state index is 12.3. The van der Waals surface area contributed by atoms with Crippen LogP contribution >= 0.6 is 22.7 Å². The minimum absolute atomic E-state index is 0.0510. The van der Waals surface area contributed by atoms with E-state index < -0.39 is 0 Å². The highest BCUT2D eigenvalue weighted by atomic mass is 32.1. The molecule has 0 aliphatic carbocycles. The van der Waals surface area contributed by atoms with Gasteiger partial charge in [0.1, 0.15) is 5.01 Å². The lowest BCUT2D eigenvalue weighted by Gasteiger charge is -2.24. The van der Waals surface area contributed by atoms with Crippen molar-refractivity contribution in [3.8, 4) is 10.6 Å². The molecule has 112 valence electrons. The van der Waals surface area contributed by atoms with Gasteiger partial charge in [0.15, 0.2) is 0 Å². The van der Waals surface area contributed by atoms with E-state index in [0.29, 0.717) is 5.13 Å². The van der Waals surface area contributed by atoms with E-state index in [1.807, 2.05) is 21.7 Å². The number of aromatic nitrogens is 2. The Morgan fingerprint density at radius 1 is 1.14 bits per heavy atom. The molecule has 21 heavy (non-hydrogen) atoms. The minimum Gasteiger partial charge on any atom is -0.324 e. The standard InChI is InChI=1S/C14H18N4OS2/c19-14(18-7-4-2-1-3-5-8-18)15-13-17-16-12(21-13)11-6-9-20-10-11/h6,9-10H,1-5,7-8H2,(H,15,17,19). The Morgan fingerprint density at radius 3 is 2.62 bits per heavy atom. The van der Waals surface area contributed by atoms with Gasteiger partial charge in [-0.2, -0.15) is 11.3 Å². The zero-order valence-corrected chi connectivity index (χ0v) is 13.4. The van der Waals surface area contributed by atoms with Crippen LogP contribution in [0.2, 0.25) is 0 Å². The summed E-state index contributed by atoms with van der Waals surface area (Å²) < 4.78 is 0. The van der Waals surface area contributed by atoms with Crippen molar-refractivity contribution in [1.29, 1.82) is 0 Å². The van der Waals surface area contributed by atoms with Gasteiger partial charge in [-0.15, -0.1) is 10.2 Å². The molecule has 2 aromatic heterocycles. The molecule has 1 aliphatic rings. The van der Waals surface area contributed by atoms with Gasteiger partial charge in [0.25, 0.3) is 0 Å². The molecule has 2 amide bonds. The fraction of sp³-hybridized carbons (Fsp3) is 0.500. The molecule has 0 atom stereocenters. The van der Waals surface area contributed by atoms with Crippen LogP contribution in [0.15, 0.2) is 16.8 Å². The third kappa shape index (κ3) is 3.79. The van der Waals surface area contributed by atoms with E-state index in [9.17, 15) is 4.79 Å². The Labute approximate surface area is 132 Å². The van der Waals surface area contributed by atoms with Crippen LogP contribution in [0.4, 0.5) is 9.93 Å². The number of rotatable bonds is 2. The first-order valence-electron chi connectivity index (χ1n) is 7.25. The van der Waals surface area contributed by atoms with Crippen molar-refractivity contribution in [2.24, 2.45) is 0 Å². The Bertz CT molecular complexity index is 574. The predicted octanol–water partition coefficient (Wildman–Crippen LogP) is 4.06. The smallest absolute Gasteiger partial charge is 0.323 e. The van der Waals surface area contributed by atoms with E-state index >= 15 is 0 Å². The van der Waals surface area contributed by atoms with Crippen molar-refractivity contribution in [1.82, 2.24) is 15.1 Å². The van der Waals surface area contributed by atoms with Gasteiger partial charge in [-0.3, -0.25) is 5.32 Å². The first kappa shape index (κ1) is 14.5. The number of hydrogen-bond acceptors (Lipinski definition) is 5. The highest BCUT2D eigenvalue weighted by molar-refractivity contribution is 7.19. The Hall–Kier alpha value is -1.47. The summed E-state index contributed by atoms with van der Waals surface area (Å²) in [4.78, 5) is 14.2. The lowest BCUT2D eigenvalue weighted by molar-refractivity contribution is 0.206. The molecule has 1 fully saturated rings. The highest BCUT2D eigenvalue weighted by Crippen LogP contribution is 2.28. The molecule has 1 saturated heterocycles. The number of likely N-dealkylation sites (tertiary alicyclic amines) is 1. The Balaban J connectivity index is 1.61. The summed E-state index contributed by atoms with van der Waals surface area (Å²) in [6.45, 7) is 1.67. The van der Waals surface area contributed by atoms with Gasteiger partial charge in [0, 0.05) is 24.0 Å². The zero-order valence-electron chi connectivity index (χ0n) is 11.7. The molecule has 0 bridgehead atoms. The van der Waals surface area contributed by atoms with Gasteiger partial charge in [-0.25, -0.2) is 4.79 Å². The van der Waals surface area contributed by atoms with Crippen LogP contribution in [0.5, 0.6) is 0 Å². The maximum absolute atomic E-state index is 12.3. The average molecular weight is 322 g/mol. The number of amides is 2. The zero-order chi connectivity index (χ0) is 14.5.